The van der Waals surface area contributed by atoms with Crippen molar-refractivity contribution in [2.75, 3.05) is 12.3 Å². The van der Waals surface area contributed by atoms with E-state index in [1.807, 2.05) is 0 Å². The number of carbonyl (C=O) groups excluding carboxylic acids is 1. The largest absolute Gasteiger partial charge is 0.356 e. The van der Waals surface area contributed by atoms with E-state index in [2.05, 4.69) is 37.4 Å². The van der Waals surface area contributed by atoms with Crippen molar-refractivity contribution < 1.29 is 13.2 Å². The summed E-state index contributed by atoms with van der Waals surface area (Å²) in [6.07, 6.45) is 1.72. The first-order valence-electron chi connectivity index (χ1n) is 8.49. The number of hydrogen-bond acceptors (Lipinski definition) is 3. The maximum absolute atomic E-state index is 12.1. The van der Waals surface area contributed by atoms with E-state index >= 15 is 0 Å². The first-order valence-corrected chi connectivity index (χ1v) is 10.1. The van der Waals surface area contributed by atoms with Crippen molar-refractivity contribution in [3.8, 4) is 0 Å². The number of rotatable bonds is 8. The van der Waals surface area contributed by atoms with Gasteiger partial charge in [0.2, 0.25) is 5.91 Å². The van der Waals surface area contributed by atoms with Crippen LogP contribution in [0.25, 0.3) is 0 Å². The predicted molar refractivity (Wildman–Crippen MR) is 100 cm³/mol. The Morgan fingerprint density at radius 1 is 1.04 bits per heavy atom. The van der Waals surface area contributed by atoms with Crippen LogP contribution in [0.15, 0.2) is 53.4 Å². The summed E-state index contributed by atoms with van der Waals surface area (Å²) in [4.78, 5) is 12.1. The SMILES string of the molecule is Cc1ccc(CCCNC(=O)CCS(=O)(=O)c2ccccc2)c(C)c1. The van der Waals surface area contributed by atoms with Crippen LogP contribution in [0.5, 0.6) is 0 Å². The van der Waals surface area contributed by atoms with Crippen LogP contribution in [0.3, 0.4) is 0 Å². The van der Waals surface area contributed by atoms with E-state index < -0.39 is 9.84 Å². The summed E-state index contributed by atoms with van der Waals surface area (Å²) in [7, 11) is -3.40. The molecular formula is C20H25NO3S. The number of nitrogens with one attached hydrogen (secondary N) is 1. The molecule has 0 spiro atoms. The Hall–Kier alpha value is -2.14. The van der Waals surface area contributed by atoms with Gasteiger partial charge in [0.15, 0.2) is 9.84 Å². The van der Waals surface area contributed by atoms with E-state index in [0.29, 0.717) is 6.54 Å². The van der Waals surface area contributed by atoms with Gasteiger partial charge in [0.05, 0.1) is 10.6 Å². The molecule has 2 aromatic rings. The minimum atomic E-state index is -3.40. The van der Waals surface area contributed by atoms with E-state index in [1.54, 1.807) is 30.3 Å². The molecule has 0 saturated carbocycles. The van der Waals surface area contributed by atoms with Crippen molar-refractivity contribution in [2.45, 2.75) is 38.0 Å². The lowest BCUT2D eigenvalue weighted by Crippen LogP contribution is -2.26. The van der Waals surface area contributed by atoms with Gasteiger partial charge < -0.3 is 5.32 Å². The lowest BCUT2D eigenvalue weighted by Gasteiger charge is -2.08. The van der Waals surface area contributed by atoms with Crippen molar-refractivity contribution in [2.24, 2.45) is 0 Å². The summed E-state index contributed by atoms with van der Waals surface area (Å²) in [5, 5.41) is 2.80. The normalized spacial score (nSPS) is 11.3. The van der Waals surface area contributed by atoms with Crippen molar-refractivity contribution in [1.82, 2.24) is 5.32 Å². The Kier molecular flexibility index (Phi) is 6.76. The van der Waals surface area contributed by atoms with Crippen LogP contribution in [0.4, 0.5) is 0 Å². The number of sulfone groups is 1. The quantitative estimate of drug-likeness (QED) is 0.736. The zero-order valence-corrected chi connectivity index (χ0v) is 15.6. The molecule has 0 unspecified atom stereocenters. The summed E-state index contributed by atoms with van der Waals surface area (Å²) in [5.41, 5.74) is 3.79. The highest BCUT2D eigenvalue weighted by atomic mass is 32.2. The molecule has 0 atom stereocenters. The van der Waals surface area contributed by atoms with E-state index in [-0.39, 0.29) is 23.0 Å². The number of carbonyl (C=O) groups is 1. The molecule has 0 aliphatic heterocycles. The van der Waals surface area contributed by atoms with Gasteiger partial charge in [0.25, 0.3) is 0 Å². The number of aryl methyl sites for hydroxylation is 3. The summed E-state index contributed by atoms with van der Waals surface area (Å²) in [6, 6.07) is 14.6. The first kappa shape index (κ1) is 19.2. The zero-order chi connectivity index (χ0) is 18.3. The van der Waals surface area contributed by atoms with Gasteiger partial charge in [0, 0.05) is 13.0 Å². The fourth-order valence-electron chi connectivity index (χ4n) is 2.69. The van der Waals surface area contributed by atoms with E-state index in [9.17, 15) is 13.2 Å². The monoisotopic (exact) mass is 359 g/mol. The Bertz CT molecular complexity index is 814. The highest BCUT2D eigenvalue weighted by molar-refractivity contribution is 7.91. The summed E-state index contributed by atoms with van der Waals surface area (Å²) >= 11 is 0. The summed E-state index contributed by atoms with van der Waals surface area (Å²) in [5.74, 6) is -0.389. The van der Waals surface area contributed by atoms with E-state index in [1.165, 1.54) is 16.7 Å². The Balaban J connectivity index is 1.72. The van der Waals surface area contributed by atoms with Crippen molar-refractivity contribution >= 4 is 15.7 Å². The van der Waals surface area contributed by atoms with Crippen LogP contribution in [-0.4, -0.2) is 26.6 Å². The molecule has 0 aliphatic rings. The number of hydrogen-bond donors (Lipinski definition) is 1. The van der Waals surface area contributed by atoms with Gasteiger partial charge in [-0.05, 0) is 49.9 Å². The molecule has 134 valence electrons. The van der Waals surface area contributed by atoms with Crippen molar-refractivity contribution in [3.05, 3.63) is 65.2 Å². The Morgan fingerprint density at radius 3 is 2.44 bits per heavy atom. The lowest BCUT2D eigenvalue weighted by molar-refractivity contribution is -0.120. The third-order valence-corrected chi connectivity index (χ3v) is 5.88. The van der Waals surface area contributed by atoms with Crippen LogP contribution >= 0.6 is 0 Å². The molecule has 0 radical (unpaired) electrons. The minimum absolute atomic E-state index is 0.0131. The average Bonchev–Trinajstić information content (AvgIpc) is 2.59. The molecule has 0 bridgehead atoms. The molecule has 25 heavy (non-hydrogen) atoms. The molecule has 0 aromatic heterocycles. The van der Waals surface area contributed by atoms with Gasteiger partial charge in [-0.2, -0.15) is 0 Å². The lowest BCUT2D eigenvalue weighted by atomic mass is 10.0. The molecule has 1 amide bonds. The molecule has 0 fully saturated rings. The van der Waals surface area contributed by atoms with Gasteiger partial charge >= 0.3 is 0 Å². The van der Waals surface area contributed by atoms with E-state index in [4.69, 9.17) is 0 Å². The molecule has 2 rings (SSSR count). The van der Waals surface area contributed by atoms with Crippen molar-refractivity contribution in [1.29, 1.82) is 0 Å². The van der Waals surface area contributed by atoms with Crippen LogP contribution in [0.1, 0.15) is 29.5 Å². The van der Waals surface area contributed by atoms with Crippen LogP contribution < -0.4 is 5.32 Å². The standard InChI is InChI=1S/C20H25NO3S/c1-16-10-11-18(17(2)15-16)7-6-13-21-20(22)12-14-25(23,24)19-8-4-3-5-9-19/h3-5,8-11,15H,6-7,12-14H2,1-2H3,(H,21,22). The predicted octanol–water partition coefficient (Wildman–Crippen LogP) is 3.22. The molecule has 0 aliphatic carbocycles. The van der Waals surface area contributed by atoms with Gasteiger partial charge in [-0.25, -0.2) is 8.42 Å². The second kappa shape index (κ2) is 8.81. The third-order valence-electron chi connectivity index (χ3n) is 4.14. The Labute approximate surface area is 150 Å². The second-order valence-corrected chi connectivity index (χ2v) is 8.37. The van der Waals surface area contributed by atoms with Gasteiger partial charge in [0.1, 0.15) is 0 Å². The summed E-state index contributed by atoms with van der Waals surface area (Å²) in [6.45, 7) is 4.72. The smallest absolute Gasteiger partial charge is 0.221 e. The molecule has 5 heteroatoms. The molecule has 0 heterocycles. The number of benzene rings is 2. The number of amides is 1. The first-order chi connectivity index (χ1) is 11.9. The maximum Gasteiger partial charge on any atom is 0.221 e. The van der Waals surface area contributed by atoms with Gasteiger partial charge in [-0.1, -0.05) is 42.0 Å². The van der Waals surface area contributed by atoms with Crippen molar-refractivity contribution in [3.63, 3.8) is 0 Å². The average molecular weight is 359 g/mol. The second-order valence-electron chi connectivity index (χ2n) is 6.27. The van der Waals surface area contributed by atoms with Crippen LogP contribution in [0, 0.1) is 13.8 Å². The zero-order valence-electron chi connectivity index (χ0n) is 14.8. The molecule has 4 nitrogen and oxygen atoms in total. The van der Waals surface area contributed by atoms with Crippen LogP contribution in [-0.2, 0) is 21.1 Å². The maximum atomic E-state index is 12.1. The molecule has 2 aromatic carbocycles. The molecular weight excluding hydrogens is 334 g/mol. The van der Waals surface area contributed by atoms with Crippen LogP contribution in [0.2, 0.25) is 0 Å². The van der Waals surface area contributed by atoms with Gasteiger partial charge in [-0.3, -0.25) is 4.79 Å². The minimum Gasteiger partial charge on any atom is -0.356 e. The third kappa shape index (κ3) is 6.02. The topological polar surface area (TPSA) is 63.2 Å². The highest BCUT2D eigenvalue weighted by Gasteiger charge is 2.15. The fraction of sp³-hybridized carbons (Fsp3) is 0.350. The Morgan fingerprint density at radius 2 is 1.76 bits per heavy atom. The van der Waals surface area contributed by atoms with E-state index in [0.717, 1.165) is 12.8 Å². The van der Waals surface area contributed by atoms with Gasteiger partial charge in [-0.15, -0.1) is 0 Å². The molecule has 1 N–H and O–H groups in total. The fourth-order valence-corrected chi connectivity index (χ4v) is 3.96. The summed E-state index contributed by atoms with van der Waals surface area (Å²) < 4.78 is 24.3. The molecule has 0 saturated heterocycles. The highest BCUT2D eigenvalue weighted by Crippen LogP contribution is 2.13.